The molecule has 0 saturated heterocycles. The molecule has 1 amide bonds. The molecule has 7 heteroatoms. The van der Waals surface area contributed by atoms with Crippen LogP contribution in [0.5, 0.6) is 11.5 Å². The summed E-state index contributed by atoms with van der Waals surface area (Å²) in [7, 11) is 3.13. The maximum atomic E-state index is 13.4. The summed E-state index contributed by atoms with van der Waals surface area (Å²) in [6, 6.07) is 22.6. The van der Waals surface area contributed by atoms with E-state index in [1.54, 1.807) is 33.3 Å². The summed E-state index contributed by atoms with van der Waals surface area (Å²) >= 11 is 0. The predicted molar refractivity (Wildman–Crippen MR) is 144 cm³/mol. The van der Waals surface area contributed by atoms with Gasteiger partial charge in [0.15, 0.2) is 17.2 Å². The van der Waals surface area contributed by atoms with Crippen LogP contribution in [0.2, 0.25) is 0 Å². The molecule has 4 rings (SSSR count). The minimum Gasteiger partial charge on any atom is -0.493 e. The van der Waals surface area contributed by atoms with Gasteiger partial charge in [-0.15, -0.1) is 0 Å². The largest absolute Gasteiger partial charge is 0.493 e. The summed E-state index contributed by atoms with van der Waals surface area (Å²) < 4.78 is 18.2. The van der Waals surface area contributed by atoms with E-state index in [1.807, 2.05) is 78.4 Å². The second-order valence-electron chi connectivity index (χ2n) is 8.44. The van der Waals surface area contributed by atoms with Gasteiger partial charge < -0.3 is 24.1 Å². The van der Waals surface area contributed by atoms with Crippen LogP contribution in [-0.2, 0) is 11.3 Å². The fraction of sp³-hybridized carbons (Fsp3) is 0.200. The quantitative estimate of drug-likeness (QED) is 0.288. The van der Waals surface area contributed by atoms with E-state index >= 15 is 0 Å². The zero-order valence-corrected chi connectivity index (χ0v) is 21.4. The van der Waals surface area contributed by atoms with Gasteiger partial charge in [0, 0.05) is 23.9 Å². The second kappa shape index (κ2) is 11.5. The Morgan fingerprint density at radius 1 is 0.892 bits per heavy atom. The highest BCUT2D eigenvalue weighted by Gasteiger charge is 2.26. The topological polar surface area (TPSA) is 78.8 Å². The van der Waals surface area contributed by atoms with Crippen molar-refractivity contribution in [3.63, 3.8) is 0 Å². The van der Waals surface area contributed by atoms with Gasteiger partial charge in [0.05, 0.1) is 26.5 Å². The lowest BCUT2D eigenvalue weighted by atomic mass is 10.0. The Morgan fingerprint density at radius 3 is 2.27 bits per heavy atom. The molecule has 0 spiro atoms. The number of carbonyl (C=O) groups excluding carboxylic acids is 2. The molecule has 0 aliphatic heterocycles. The summed E-state index contributed by atoms with van der Waals surface area (Å²) in [6.07, 6.45) is 1.86. The van der Waals surface area contributed by atoms with Crippen LogP contribution in [0.4, 0.5) is 5.69 Å². The van der Waals surface area contributed by atoms with Gasteiger partial charge in [0.1, 0.15) is 0 Å². The van der Waals surface area contributed by atoms with Crippen LogP contribution < -0.4 is 14.8 Å². The average Bonchev–Trinajstić information content (AvgIpc) is 3.26. The first-order valence-corrected chi connectivity index (χ1v) is 12.0. The first-order chi connectivity index (χ1) is 18.0. The van der Waals surface area contributed by atoms with Crippen LogP contribution in [-0.4, -0.2) is 37.3 Å². The van der Waals surface area contributed by atoms with Crippen molar-refractivity contribution in [3.8, 4) is 22.6 Å². The molecule has 37 heavy (non-hydrogen) atoms. The molecule has 3 aromatic carbocycles. The number of esters is 1. The first-order valence-electron chi connectivity index (χ1n) is 12.0. The van der Waals surface area contributed by atoms with Crippen molar-refractivity contribution in [3.05, 3.63) is 101 Å². The number of nitrogens with zero attached hydrogens (tertiary/aromatic N) is 1. The van der Waals surface area contributed by atoms with Crippen LogP contribution >= 0.6 is 0 Å². The van der Waals surface area contributed by atoms with Crippen molar-refractivity contribution in [1.82, 2.24) is 4.57 Å². The van der Waals surface area contributed by atoms with Gasteiger partial charge >= 0.3 is 5.97 Å². The SMILES string of the molecule is CCOC(=O)c1c(NC(=O)c2ccccc2C)c(-c2ccc(OC)c(OC)c2)cn1Cc1ccccc1. The third-order valence-corrected chi connectivity index (χ3v) is 6.07. The van der Waals surface area contributed by atoms with E-state index < -0.39 is 5.97 Å². The molecular weight excluding hydrogens is 468 g/mol. The van der Waals surface area contributed by atoms with Crippen molar-refractivity contribution in [2.24, 2.45) is 0 Å². The van der Waals surface area contributed by atoms with E-state index in [4.69, 9.17) is 14.2 Å². The average molecular weight is 499 g/mol. The Morgan fingerprint density at radius 2 is 1.59 bits per heavy atom. The predicted octanol–water partition coefficient (Wildman–Crippen LogP) is 5.96. The molecule has 1 heterocycles. The van der Waals surface area contributed by atoms with Crippen molar-refractivity contribution < 1.29 is 23.8 Å². The maximum Gasteiger partial charge on any atom is 0.357 e. The number of nitrogens with one attached hydrogen (secondary N) is 1. The summed E-state index contributed by atoms with van der Waals surface area (Å²) in [4.78, 5) is 26.7. The lowest BCUT2D eigenvalue weighted by Crippen LogP contribution is -2.19. The van der Waals surface area contributed by atoms with Gasteiger partial charge in [-0.2, -0.15) is 0 Å². The number of benzene rings is 3. The second-order valence-corrected chi connectivity index (χ2v) is 8.44. The third-order valence-electron chi connectivity index (χ3n) is 6.07. The Kier molecular flexibility index (Phi) is 7.93. The summed E-state index contributed by atoms with van der Waals surface area (Å²) in [6.45, 7) is 4.24. The molecule has 0 fully saturated rings. The number of anilines is 1. The molecule has 0 aliphatic rings. The lowest BCUT2D eigenvalue weighted by Gasteiger charge is -2.14. The van der Waals surface area contributed by atoms with Gasteiger partial charge in [-0.1, -0.05) is 54.6 Å². The monoisotopic (exact) mass is 498 g/mol. The minimum absolute atomic E-state index is 0.201. The number of aromatic nitrogens is 1. The van der Waals surface area contributed by atoms with Crippen LogP contribution in [0, 0.1) is 6.92 Å². The van der Waals surface area contributed by atoms with Crippen LogP contribution in [0.15, 0.2) is 79.0 Å². The van der Waals surface area contributed by atoms with E-state index in [-0.39, 0.29) is 18.2 Å². The van der Waals surface area contributed by atoms with Gasteiger partial charge in [-0.3, -0.25) is 4.79 Å². The molecule has 4 aromatic rings. The Bertz CT molecular complexity index is 1410. The van der Waals surface area contributed by atoms with Crippen molar-refractivity contribution >= 4 is 17.6 Å². The molecule has 0 aliphatic carbocycles. The van der Waals surface area contributed by atoms with E-state index in [1.165, 1.54) is 0 Å². The van der Waals surface area contributed by atoms with Gasteiger partial charge in [-0.25, -0.2) is 4.79 Å². The molecule has 0 atom stereocenters. The highest BCUT2D eigenvalue weighted by molar-refractivity contribution is 6.11. The molecular formula is C30H30N2O5. The molecule has 0 radical (unpaired) electrons. The number of hydrogen-bond acceptors (Lipinski definition) is 5. The number of methoxy groups -OCH3 is 2. The molecule has 0 saturated carbocycles. The Balaban J connectivity index is 1.91. The van der Waals surface area contributed by atoms with Gasteiger partial charge in [0.25, 0.3) is 5.91 Å². The van der Waals surface area contributed by atoms with Crippen LogP contribution in [0.1, 0.15) is 38.9 Å². The molecule has 1 N–H and O–H groups in total. The summed E-state index contributed by atoms with van der Waals surface area (Å²) in [5.74, 6) is 0.267. The molecule has 0 bridgehead atoms. The summed E-state index contributed by atoms with van der Waals surface area (Å²) in [5.41, 5.74) is 4.38. The number of ether oxygens (including phenoxy) is 3. The van der Waals surface area contributed by atoms with Crippen molar-refractivity contribution in [2.45, 2.75) is 20.4 Å². The normalized spacial score (nSPS) is 10.6. The molecule has 0 unspecified atom stereocenters. The van der Waals surface area contributed by atoms with Crippen molar-refractivity contribution in [2.75, 3.05) is 26.1 Å². The number of rotatable bonds is 9. The van der Waals surface area contributed by atoms with Crippen LogP contribution in [0.3, 0.4) is 0 Å². The standard InChI is InChI=1S/C30H30N2O5/c1-5-37-30(34)28-27(31-29(33)23-14-10-9-11-20(23)2)24(19-32(28)18-21-12-7-6-8-13-21)22-15-16-25(35-3)26(17-22)36-4/h6-17,19H,5,18H2,1-4H3,(H,31,33). The smallest absolute Gasteiger partial charge is 0.357 e. The first kappa shape index (κ1) is 25.6. The van der Waals surface area contributed by atoms with E-state index in [0.29, 0.717) is 34.9 Å². The number of aryl methyl sites for hydroxylation is 1. The van der Waals surface area contributed by atoms with E-state index in [9.17, 15) is 9.59 Å². The third kappa shape index (κ3) is 5.51. The highest BCUT2D eigenvalue weighted by Crippen LogP contribution is 2.39. The zero-order chi connectivity index (χ0) is 26.4. The maximum absolute atomic E-state index is 13.4. The van der Waals surface area contributed by atoms with E-state index in [0.717, 1.165) is 16.7 Å². The van der Waals surface area contributed by atoms with Gasteiger partial charge in [0.2, 0.25) is 0 Å². The molecule has 7 nitrogen and oxygen atoms in total. The van der Waals surface area contributed by atoms with E-state index in [2.05, 4.69) is 5.32 Å². The number of amides is 1. The Hall–Kier alpha value is -4.52. The number of carbonyl (C=O) groups is 2. The van der Waals surface area contributed by atoms with Crippen LogP contribution in [0.25, 0.3) is 11.1 Å². The number of hydrogen-bond donors (Lipinski definition) is 1. The molecule has 190 valence electrons. The minimum atomic E-state index is -0.523. The van der Waals surface area contributed by atoms with Gasteiger partial charge in [-0.05, 0) is 48.7 Å². The van der Waals surface area contributed by atoms with Crippen molar-refractivity contribution in [1.29, 1.82) is 0 Å². The molecule has 1 aromatic heterocycles. The Labute approximate surface area is 216 Å². The fourth-order valence-electron chi connectivity index (χ4n) is 4.24. The fourth-order valence-corrected chi connectivity index (χ4v) is 4.24. The zero-order valence-electron chi connectivity index (χ0n) is 21.4. The highest BCUT2D eigenvalue weighted by atomic mass is 16.5. The summed E-state index contributed by atoms with van der Waals surface area (Å²) in [5, 5.41) is 3.01. The lowest BCUT2D eigenvalue weighted by molar-refractivity contribution is 0.0515.